The van der Waals surface area contributed by atoms with Crippen molar-refractivity contribution in [2.75, 3.05) is 26.2 Å². The second kappa shape index (κ2) is 7.13. The molecule has 0 spiro atoms. The van der Waals surface area contributed by atoms with Crippen LogP contribution in [0.5, 0.6) is 5.75 Å². The predicted octanol–water partition coefficient (Wildman–Crippen LogP) is 1.77. The Bertz CT molecular complexity index is 424. The van der Waals surface area contributed by atoms with E-state index in [1.807, 2.05) is 19.1 Å². The topological polar surface area (TPSA) is 48.3 Å². The van der Waals surface area contributed by atoms with Gasteiger partial charge in [0.25, 0.3) is 0 Å². The quantitative estimate of drug-likeness (QED) is 0.791. The van der Waals surface area contributed by atoms with E-state index in [9.17, 15) is 0 Å². The minimum absolute atomic E-state index is 0.446. The lowest BCUT2D eigenvalue weighted by Crippen LogP contribution is -2.32. The van der Waals surface area contributed by atoms with Crippen LogP contribution >= 0.6 is 0 Å². The van der Waals surface area contributed by atoms with Crippen molar-refractivity contribution < 1.29 is 4.74 Å². The van der Waals surface area contributed by atoms with Crippen LogP contribution in [0.25, 0.3) is 0 Å². The van der Waals surface area contributed by atoms with E-state index in [1.54, 1.807) is 0 Å². The number of hydrogen-bond acceptors (Lipinski definition) is 4. The summed E-state index contributed by atoms with van der Waals surface area (Å²) in [5.41, 5.74) is 1.31. The van der Waals surface area contributed by atoms with Crippen LogP contribution in [0.3, 0.4) is 0 Å². The van der Waals surface area contributed by atoms with E-state index < -0.39 is 0 Å². The van der Waals surface area contributed by atoms with Gasteiger partial charge < -0.3 is 10.1 Å². The van der Waals surface area contributed by atoms with Crippen molar-refractivity contribution in [1.29, 1.82) is 5.26 Å². The summed E-state index contributed by atoms with van der Waals surface area (Å²) < 4.78 is 5.44. The molecule has 1 aliphatic heterocycles. The van der Waals surface area contributed by atoms with Crippen molar-refractivity contribution in [3.05, 3.63) is 29.8 Å². The molecule has 19 heavy (non-hydrogen) atoms. The molecule has 4 heteroatoms. The maximum atomic E-state index is 8.56. The van der Waals surface area contributed by atoms with E-state index >= 15 is 0 Å². The molecule has 1 unspecified atom stereocenters. The number of benzene rings is 1. The van der Waals surface area contributed by atoms with E-state index in [-0.39, 0.29) is 0 Å². The van der Waals surface area contributed by atoms with E-state index in [0.29, 0.717) is 19.2 Å². The Balaban J connectivity index is 1.80. The first-order valence-corrected chi connectivity index (χ1v) is 6.86. The largest absolute Gasteiger partial charge is 0.494 e. The van der Waals surface area contributed by atoms with Gasteiger partial charge in [-0.05, 0) is 31.0 Å². The Hall–Kier alpha value is -1.57. The third kappa shape index (κ3) is 4.23. The maximum Gasteiger partial charge on any atom is 0.119 e. The predicted molar refractivity (Wildman–Crippen MR) is 74.9 cm³/mol. The average molecular weight is 259 g/mol. The van der Waals surface area contributed by atoms with Crippen molar-refractivity contribution in [3.8, 4) is 11.8 Å². The molecular formula is C15H21N3O. The molecule has 1 aliphatic rings. The van der Waals surface area contributed by atoms with Gasteiger partial charge in [-0.15, -0.1) is 0 Å². The lowest BCUT2D eigenvalue weighted by Gasteiger charge is -2.16. The Labute approximate surface area is 115 Å². The number of ether oxygens (including phenoxy) is 1. The molecule has 0 amide bonds. The molecule has 1 N–H and O–H groups in total. The minimum Gasteiger partial charge on any atom is -0.494 e. The molecule has 1 saturated heterocycles. The standard InChI is InChI=1S/C15H21N3O/c1-2-19-15-5-3-13(4-6-15)11-18-10-7-14(12-18)17-9-8-16/h3-6,14,17H,2,7,9-12H2,1H3. The van der Waals surface area contributed by atoms with Gasteiger partial charge in [0.05, 0.1) is 19.2 Å². The van der Waals surface area contributed by atoms with Crippen LogP contribution in [0.4, 0.5) is 0 Å². The first-order chi connectivity index (χ1) is 9.31. The van der Waals surface area contributed by atoms with Gasteiger partial charge in [-0.25, -0.2) is 0 Å². The van der Waals surface area contributed by atoms with Crippen LogP contribution < -0.4 is 10.1 Å². The monoisotopic (exact) mass is 259 g/mol. The molecule has 0 bridgehead atoms. The molecule has 102 valence electrons. The highest BCUT2D eigenvalue weighted by molar-refractivity contribution is 5.27. The van der Waals surface area contributed by atoms with Crippen LogP contribution in [0.2, 0.25) is 0 Å². The van der Waals surface area contributed by atoms with Crippen LogP contribution in [0.15, 0.2) is 24.3 Å². The Morgan fingerprint density at radius 3 is 2.89 bits per heavy atom. The molecule has 1 atom stereocenters. The Kier molecular flexibility index (Phi) is 5.20. The molecule has 1 aromatic rings. The number of likely N-dealkylation sites (tertiary alicyclic amines) is 1. The zero-order chi connectivity index (χ0) is 13.5. The molecule has 0 aliphatic carbocycles. The first-order valence-electron chi connectivity index (χ1n) is 6.86. The Morgan fingerprint density at radius 1 is 1.42 bits per heavy atom. The SMILES string of the molecule is CCOc1ccc(CN2CCC(NCC#N)C2)cc1. The van der Waals surface area contributed by atoms with Crippen LogP contribution in [-0.4, -0.2) is 37.2 Å². The maximum absolute atomic E-state index is 8.56. The molecule has 0 saturated carbocycles. The summed E-state index contributed by atoms with van der Waals surface area (Å²) in [5, 5.41) is 11.8. The molecule has 0 aromatic heterocycles. The smallest absolute Gasteiger partial charge is 0.119 e. The highest BCUT2D eigenvalue weighted by Gasteiger charge is 2.21. The fraction of sp³-hybridized carbons (Fsp3) is 0.533. The molecule has 0 radical (unpaired) electrons. The van der Waals surface area contributed by atoms with E-state index in [1.165, 1.54) is 5.56 Å². The third-order valence-electron chi connectivity index (χ3n) is 3.38. The van der Waals surface area contributed by atoms with Gasteiger partial charge in [-0.2, -0.15) is 5.26 Å². The van der Waals surface area contributed by atoms with Crippen molar-refractivity contribution in [2.45, 2.75) is 25.9 Å². The molecule has 4 nitrogen and oxygen atoms in total. The molecule has 2 rings (SSSR count). The van der Waals surface area contributed by atoms with Gasteiger partial charge in [0.1, 0.15) is 5.75 Å². The Morgan fingerprint density at radius 2 is 2.21 bits per heavy atom. The lowest BCUT2D eigenvalue weighted by atomic mass is 10.2. The summed E-state index contributed by atoms with van der Waals surface area (Å²) in [5.74, 6) is 0.932. The van der Waals surface area contributed by atoms with E-state index in [4.69, 9.17) is 10.00 Å². The summed E-state index contributed by atoms with van der Waals surface area (Å²) in [6, 6.07) is 10.9. The minimum atomic E-state index is 0.446. The molecule has 1 fully saturated rings. The number of rotatable bonds is 6. The summed E-state index contributed by atoms with van der Waals surface area (Å²) in [6.45, 7) is 6.23. The fourth-order valence-corrected chi connectivity index (χ4v) is 2.45. The summed E-state index contributed by atoms with van der Waals surface area (Å²) >= 11 is 0. The fourth-order valence-electron chi connectivity index (χ4n) is 2.45. The molecule has 1 heterocycles. The normalized spacial score (nSPS) is 19.3. The van der Waals surface area contributed by atoms with Crippen molar-refractivity contribution in [2.24, 2.45) is 0 Å². The lowest BCUT2D eigenvalue weighted by molar-refractivity contribution is 0.320. The summed E-state index contributed by atoms with van der Waals surface area (Å²) in [6.07, 6.45) is 1.12. The first kappa shape index (κ1) is 13.9. The average Bonchev–Trinajstić information content (AvgIpc) is 2.87. The van der Waals surface area contributed by atoms with Crippen LogP contribution in [-0.2, 0) is 6.54 Å². The van der Waals surface area contributed by atoms with Gasteiger partial charge in [-0.3, -0.25) is 4.90 Å². The highest BCUT2D eigenvalue weighted by Crippen LogP contribution is 2.16. The third-order valence-corrected chi connectivity index (χ3v) is 3.38. The number of nitriles is 1. The van der Waals surface area contributed by atoms with Gasteiger partial charge in [-0.1, -0.05) is 12.1 Å². The van der Waals surface area contributed by atoms with Crippen LogP contribution in [0, 0.1) is 11.3 Å². The van der Waals surface area contributed by atoms with Crippen molar-refractivity contribution >= 4 is 0 Å². The van der Waals surface area contributed by atoms with Gasteiger partial charge in [0.15, 0.2) is 0 Å². The highest BCUT2D eigenvalue weighted by atomic mass is 16.5. The number of nitrogens with zero attached hydrogens (tertiary/aromatic N) is 2. The van der Waals surface area contributed by atoms with Crippen LogP contribution in [0.1, 0.15) is 18.9 Å². The van der Waals surface area contributed by atoms with Gasteiger partial charge >= 0.3 is 0 Å². The van der Waals surface area contributed by atoms with Crippen molar-refractivity contribution in [1.82, 2.24) is 10.2 Å². The van der Waals surface area contributed by atoms with Gasteiger partial charge in [0.2, 0.25) is 0 Å². The second-order valence-corrected chi connectivity index (χ2v) is 4.84. The van der Waals surface area contributed by atoms with E-state index in [0.717, 1.165) is 31.8 Å². The van der Waals surface area contributed by atoms with E-state index in [2.05, 4.69) is 28.4 Å². The summed E-state index contributed by atoms with van der Waals surface area (Å²) in [4.78, 5) is 2.42. The number of nitrogens with one attached hydrogen (secondary N) is 1. The van der Waals surface area contributed by atoms with Gasteiger partial charge in [0, 0.05) is 25.7 Å². The summed E-state index contributed by atoms with van der Waals surface area (Å²) in [7, 11) is 0. The molecule has 1 aromatic carbocycles. The number of hydrogen-bond donors (Lipinski definition) is 1. The van der Waals surface area contributed by atoms with Crippen molar-refractivity contribution in [3.63, 3.8) is 0 Å². The molecular weight excluding hydrogens is 238 g/mol. The second-order valence-electron chi connectivity index (χ2n) is 4.84. The zero-order valence-electron chi connectivity index (χ0n) is 11.4. The zero-order valence-corrected chi connectivity index (χ0v) is 11.4.